The van der Waals surface area contributed by atoms with Gasteiger partial charge in [0, 0.05) is 10.8 Å². The van der Waals surface area contributed by atoms with Crippen molar-refractivity contribution >= 4 is 43.8 Å². The van der Waals surface area contributed by atoms with Crippen molar-refractivity contribution in [3.8, 4) is 0 Å². The van der Waals surface area contributed by atoms with Gasteiger partial charge in [0.25, 0.3) is 5.56 Å². The van der Waals surface area contributed by atoms with Gasteiger partial charge < -0.3 is 13.8 Å². The largest absolute Gasteiger partial charge is 0.448 e. The molecule has 1 N–H and O–H groups in total. The first-order valence-corrected chi connectivity index (χ1v) is 7.55. The maximum atomic E-state index is 12.8. The summed E-state index contributed by atoms with van der Waals surface area (Å²) < 4.78 is 11.1. The highest BCUT2D eigenvalue weighted by molar-refractivity contribution is 6.20. The van der Waals surface area contributed by atoms with Crippen molar-refractivity contribution in [1.82, 2.24) is 4.98 Å². The number of hydrogen-bond donors (Lipinski definition) is 1. The zero-order chi connectivity index (χ0) is 16.4. The van der Waals surface area contributed by atoms with Gasteiger partial charge in [-0.05, 0) is 24.6 Å². The van der Waals surface area contributed by atoms with Crippen LogP contribution < -0.4 is 11.2 Å². The third-order valence-corrected chi connectivity index (χ3v) is 4.44. The van der Waals surface area contributed by atoms with E-state index in [-0.39, 0.29) is 11.1 Å². The smallest absolute Gasteiger partial charge is 0.380 e. The van der Waals surface area contributed by atoms with Crippen LogP contribution in [0.5, 0.6) is 0 Å². The molecule has 24 heavy (non-hydrogen) atoms. The van der Waals surface area contributed by atoms with E-state index in [4.69, 9.17) is 8.83 Å². The lowest BCUT2D eigenvalue weighted by Gasteiger charge is -2.05. The molecule has 0 atom stereocenters. The Bertz CT molecular complexity index is 1400. The molecule has 5 rings (SSSR count). The summed E-state index contributed by atoms with van der Waals surface area (Å²) in [6.07, 6.45) is 0. The fourth-order valence-corrected chi connectivity index (χ4v) is 3.35. The van der Waals surface area contributed by atoms with E-state index in [9.17, 15) is 9.59 Å². The third-order valence-electron chi connectivity index (χ3n) is 4.44. The molecule has 116 valence electrons. The predicted octanol–water partition coefficient (Wildman–Crippen LogP) is 3.84. The molecule has 0 unspecified atom stereocenters. The topological polar surface area (TPSA) is 76.2 Å². The van der Waals surface area contributed by atoms with Crippen molar-refractivity contribution < 1.29 is 8.83 Å². The summed E-state index contributed by atoms with van der Waals surface area (Å²) in [7, 11) is 0. The minimum atomic E-state index is -0.581. The Hall–Kier alpha value is -3.34. The third kappa shape index (κ3) is 1.53. The summed E-state index contributed by atoms with van der Waals surface area (Å²) in [6.45, 7) is 1.90. The van der Waals surface area contributed by atoms with Crippen LogP contribution in [-0.4, -0.2) is 4.98 Å². The normalized spacial score (nSPS) is 11.9. The van der Waals surface area contributed by atoms with Gasteiger partial charge in [-0.15, -0.1) is 0 Å². The van der Waals surface area contributed by atoms with E-state index in [0.29, 0.717) is 32.8 Å². The molecule has 0 aliphatic rings. The maximum absolute atomic E-state index is 12.8. The fourth-order valence-electron chi connectivity index (χ4n) is 3.35. The summed E-state index contributed by atoms with van der Waals surface area (Å²) >= 11 is 0. The molecule has 0 bridgehead atoms. The van der Waals surface area contributed by atoms with Crippen LogP contribution in [0.25, 0.3) is 43.8 Å². The number of pyridine rings is 1. The van der Waals surface area contributed by atoms with Crippen molar-refractivity contribution in [2.24, 2.45) is 0 Å². The van der Waals surface area contributed by atoms with Gasteiger partial charge in [-0.25, -0.2) is 4.79 Å². The molecule has 5 nitrogen and oxygen atoms in total. The summed E-state index contributed by atoms with van der Waals surface area (Å²) in [6, 6.07) is 12.9. The van der Waals surface area contributed by atoms with Gasteiger partial charge in [0.1, 0.15) is 5.58 Å². The molecule has 5 aromatic rings. The molecule has 3 heterocycles. The quantitative estimate of drug-likeness (QED) is 0.440. The second kappa shape index (κ2) is 4.35. The van der Waals surface area contributed by atoms with Gasteiger partial charge in [-0.2, -0.15) is 0 Å². The number of para-hydroxylation sites is 2. The highest BCUT2D eigenvalue weighted by atomic mass is 16.4. The molecule has 5 heteroatoms. The molecule has 0 saturated heterocycles. The standard InChI is InChI=1S/C19H11NO4/c1-9-5-4-7-11-15(9)20-18(21)14-13-10-6-2-3-8-12(10)23-17(13)19(22)24-16(11)14/h2-8H,1H3,(H,20,21). The zero-order valence-electron chi connectivity index (χ0n) is 12.7. The second-order valence-electron chi connectivity index (χ2n) is 5.85. The Morgan fingerprint density at radius 1 is 0.833 bits per heavy atom. The lowest BCUT2D eigenvalue weighted by Crippen LogP contribution is -2.10. The lowest BCUT2D eigenvalue weighted by molar-refractivity contribution is 0.546. The van der Waals surface area contributed by atoms with Gasteiger partial charge in [0.15, 0.2) is 5.58 Å². The van der Waals surface area contributed by atoms with E-state index in [1.54, 1.807) is 6.07 Å². The summed E-state index contributed by atoms with van der Waals surface area (Å²) in [5, 5.41) is 2.27. The predicted molar refractivity (Wildman–Crippen MR) is 92.6 cm³/mol. The Morgan fingerprint density at radius 2 is 1.62 bits per heavy atom. The molecule has 0 amide bonds. The molecule has 2 aromatic carbocycles. The molecular weight excluding hydrogens is 306 g/mol. The highest BCUT2D eigenvalue weighted by Crippen LogP contribution is 2.33. The summed E-state index contributed by atoms with van der Waals surface area (Å²) in [4.78, 5) is 28.1. The van der Waals surface area contributed by atoms with Crippen LogP contribution >= 0.6 is 0 Å². The first-order chi connectivity index (χ1) is 11.6. The monoisotopic (exact) mass is 317 g/mol. The van der Waals surface area contributed by atoms with Crippen LogP contribution in [0.15, 0.2) is 60.9 Å². The molecule has 3 aromatic heterocycles. The maximum Gasteiger partial charge on any atom is 0.380 e. The van der Waals surface area contributed by atoms with Crippen molar-refractivity contribution in [2.75, 3.05) is 0 Å². The number of benzene rings is 2. The van der Waals surface area contributed by atoms with Gasteiger partial charge in [-0.3, -0.25) is 4.79 Å². The number of H-pyrrole nitrogens is 1. The lowest BCUT2D eigenvalue weighted by atomic mass is 10.1. The number of aromatic amines is 1. The van der Waals surface area contributed by atoms with Crippen LogP contribution in [0.4, 0.5) is 0 Å². The van der Waals surface area contributed by atoms with Gasteiger partial charge in [-0.1, -0.05) is 30.3 Å². The Kier molecular flexibility index (Phi) is 2.38. The molecule has 0 saturated carbocycles. The van der Waals surface area contributed by atoms with E-state index in [1.165, 1.54) is 0 Å². The van der Waals surface area contributed by atoms with Crippen molar-refractivity contribution in [1.29, 1.82) is 0 Å². The average molecular weight is 317 g/mol. The first kappa shape index (κ1) is 13.1. The van der Waals surface area contributed by atoms with E-state index in [0.717, 1.165) is 10.9 Å². The molecule has 0 fully saturated rings. The minimum absolute atomic E-state index is 0.0706. The molecule has 0 spiro atoms. The van der Waals surface area contributed by atoms with Gasteiger partial charge in [0.2, 0.25) is 5.58 Å². The van der Waals surface area contributed by atoms with E-state index in [1.807, 2.05) is 43.3 Å². The summed E-state index contributed by atoms with van der Waals surface area (Å²) in [5.41, 5.74) is 1.62. The molecule has 0 aliphatic carbocycles. The highest BCUT2D eigenvalue weighted by Gasteiger charge is 2.20. The summed E-state index contributed by atoms with van der Waals surface area (Å²) in [5.74, 6) is 0. The number of aryl methyl sites for hydroxylation is 1. The van der Waals surface area contributed by atoms with Crippen LogP contribution in [0, 0.1) is 6.92 Å². The van der Waals surface area contributed by atoms with Crippen LogP contribution in [0.3, 0.4) is 0 Å². The average Bonchev–Trinajstić information content (AvgIpc) is 2.96. The minimum Gasteiger partial charge on any atom is -0.448 e. The van der Waals surface area contributed by atoms with Crippen LogP contribution in [0.1, 0.15) is 5.56 Å². The van der Waals surface area contributed by atoms with E-state index < -0.39 is 5.63 Å². The Labute approximate surface area is 134 Å². The number of nitrogens with one attached hydrogen (secondary N) is 1. The first-order valence-electron chi connectivity index (χ1n) is 7.55. The molecule has 0 radical (unpaired) electrons. The number of fused-ring (bicyclic) bond motifs is 7. The zero-order valence-corrected chi connectivity index (χ0v) is 12.7. The molecular formula is C19H11NO4. The van der Waals surface area contributed by atoms with E-state index >= 15 is 0 Å². The van der Waals surface area contributed by atoms with Crippen LogP contribution in [0.2, 0.25) is 0 Å². The van der Waals surface area contributed by atoms with Gasteiger partial charge >= 0.3 is 5.63 Å². The van der Waals surface area contributed by atoms with Crippen molar-refractivity contribution in [2.45, 2.75) is 6.92 Å². The van der Waals surface area contributed by atoms with Crippen LogP contribution in [-0.2, 0) is 0 Å². The molecule has 0 aliphatic heterocycles. The Balaban J connectivity index is 2.22. The van der Waals surface area contributed by atoms with Crippen molar-refractivity contribution in [3.05, 3.63) is 68.8 Å². The van der Waals surface area contributed by atoms with Gasteiger partial charge in [0.05, 0.1) is 16.3 Å². The SMILES string of the molecule is Cc1cccc2c1[nH]c(=O)c1c2oc(=O)c2oc3ccccc3c21. The second-order valence-corrected chi connectivity index (χ2v) is 5.85. The number of hydrogen-bond acceptors (Lipinski definition) is 4. The number of rotatable bonds is 0. The number of aromatic nitrogens is 1. The fraction of sp³-hybridized carbons (Fsp3) is 0.0526. The Morgan fingerprint density at radius 3 is 2.50 bits per heavy atom. The number of furan rings is 1. The van der Waals surface area contributed by atoms with Crippen molar-refractivity contribution in [3.63, 3.8) is 0 Å². The van der Waals surface area contributed by atoms with E-state index in [2.05, 4.69) is 4.98 Å².